The van der Waals surface area contributed by atoms with Crippen molar-refractivity contribution >= 4 is 11.9 Å². The van der Waals surface area contributed by atoms with Crippen LogP contribution in [0.5, 0.6) is 0 Å². The van der Waals surface area contributed by atoms with Gasteiger partial charge in [0.1, 0.15) is 11.6 Å². The molecule has 0 unspecified atom stereocenters. The van der Waals surface area contributed by atoms with Gasteiger partial charge in [-0.1, -0.05) is 66.7 Å². The molecule has 3 aromatic carbocycles. The van der Waals surface area contributed by atoms with E-state index in [4.69, 9.17) is 10.2 Å². The van der Waals surface area contributed by atoms with Crippen molar-refractivity contribution in [3.05, 3.63) is 107 Å². The maximum absolute atomic E-state index is 12.7. The molecule has 0 aromatic heterocycles. The highest BCUT2D eigenvalue weighted by Gasteiger charge is 2.17. The van der Waals surface area contributed by atoms with Crippen molar-refractivity contribution < 1.29 is 28.6 Å². The summed E-state index contributed by atoms with van der Waals surface area (Å²) in [6.45, 7) is 0. The first-order valence-corrected chi connectivity index (χ1v) is 8.85. The van der Waals surface area contributed by atoms with Crippen LogP contribution in [0.1, 0.15) is 29.0 Å². The van der Waals surface area contributed by atoms with Crippen LogP contribution < -0.4 is 0 Å². The predicted molar refractivity (Wildman–Crippen MR) is 105 cm³/mol. The molecule has 0 bridgehead atoms. The SMILES string of the molecule is O=C(O)CC(c1ccccc1)c1ccccc1.O=C(O)Cc1c(F)cccc1F. The number of carboxylic acid groups (broad SMARTS) is 2. The van der Waals surface area contributed by atoms with Gasteiger partial charge in [0.05, 0.1) is 12.8 Å². The quantitative estimate of drug-likeness (QED) is 0.620. The number of aliphatic carboxylic acids is 2. The van der Waals surface area contributed by atoms with E-state index in [1.165, 1.54) is 6.07 Å². The van der Waals surface area contributed by atoms with Crippen LogP contribution in [-0.4, -0.2) is 22.2 Å². The third kappa shape index (κ3) is 6.84. The molecule has 4 nitrogen and oxygen atoms in total. The molecule has 0 aliphatic rings. The van der Waals surface area contributed by atoms with Gasteiger partial charge in [0, 0.05) is 11.5 Å². The second kappa shape index (κ2) is 10.7. The van der Waals surface area contributed by atoms with Gasteiger partial charge in [0.2, 0.25) is 0 Å². The summed E-state index contributed by atoms with van der Waals surface area (Å²) in [4.78, 5) is 21.1. The number of benzene rings is 3. The zero-order chi connectivity index (χ0) is 21.2. The molecule has 0 atom stereocenters. The molecular formula is C23H20F2O4. The standard InChI is InChI=1S/C15H14O2.C8H6F2O2/c16-15(17)11-14(12-7-3-1-4-8-12)13-9-5-2-6-10-13;9-6-2-1-3-7(10)5(6)4-8(11)12/h1-10,14H,11H2,(H,16,17);1-3H,4H2,(H,11,12). The van der Waals surface area contributed by atoms with Crippen LogP contribution >= 0.6 is 0 Å². The Hall–Kier alpha value is -3.54. The van der Waals surface area contributed by atoms with Gasteiger partial charge in [-0.2, -0.15) is 0 Å². The molecule has 0 aliphatic carbocycles. The van der Waals surface area contributed by atoms with Crippen molar-refractivity contribution in [2.45, 2.75) is 18.8 Å². The first-order chi connectivity index (χ1) is 13.9. The van der Waals surface area contributed by atoms with Crippen molar-refractivity contribution in [3.63, 3.8) is 0 Å². The molecule has 0 heterocycles. The summed E-state index contributed by atoms with van der Waals surface area (Å²) >= 11 is 0. The second-order valence-electron chi connectivity index (χ2n) is 6.24. The second-order valence-corrected chi connectivity index (χ2v) is 6.24. The smallest absolute Gasteiger partial charge is 0.308 e. The van der Waals surface area contributed by atoms with E-state index < -0.39 is 35.6 Å². The van der Waals surface area contributed by atoms with Gasteiger partial charge in [-0.15, -0.1) is 0 Å². The van der Waals surface area contributed by atoms with Crippen molar-refractivity contribution in [3.8, 4) is 0 Å². The minimum atomic E-state index is -1.25. The lowest BCUT2D eigenvalue weighted by molar-refractivity contribution is -0.137. The molecule has 6 heteroatoms. The molecule has 2 N–H and O–H groups in total. The highest BCUT2D eigenvalue weighted by Crippen LogP contribution is 2.27. The molecule has 29 heavy (non-hydrogen) atoms. The Morgan fingerprint density at radius 1 is 0.690 bits per heavy atom. The average molecular weight is 398 g/mol. The number of halogens is 2. The van der Waals surface area contributed by atoms with Crippen molar-refractivity contribution in [1.29, 1.82) is 0 Å². The minimum Gasteiger partial charge on any atom is -0.481 e. The normalized spacial score (nSPS) is 10.2. The summed E-state index contributed by atoms with van der Waals surface area (Å²) < 4.78 is 25.4. The highest BCUT2D eigenvalue weighted by atomic mass is 19.1. The van der Waals surface area contributed by atoms with Gasteiger partial charge >= 0.3 is 11.9 Å². The Bertz CT molecular complexity index is 884. The molecule has 0 fully saturated rings. The predicted octanol–water partition coefficient (Wildman–Crippen LogP) is 4.89. The van der Waals surface area contributed by atoms with Crippen molar-refractivity contribution in [2.24, 2.45) is 0 Å². The fraction of sp³-hybridized carbons (Fsp3) is 0.130. The van der Waals surface area contributed by atoms with E-state index in [0.717, 1.165) is 23.3 Å². The summed E-state index contributed by atoms with van der Waals surface area (Å²) in [6.07, 6.45) is -0.507. The van der Waals surface area contributed by atoms with Crippen LogP contribution in [-0.2, 0) is 16.0 Å². The lowest BCUT2D eigenvalue weighted by Gasteiger charge is -2.15. The molecule has 0 spiro atoms. The lowest BCUT2D eigenvalue weighted by Crippen LogP contribution is -2.07. The van der Waals surface area contributed by atoms with E-state index in [-0.39, 0.29) is 12.3 Å². The maximum atomic E-state index is 12.7. The van der Waals surface area contributed by atoms with Gasteiger partial charge < -0.3 is 10.2 Å². The molecule has 3 aromatic rings. The van der Waals surface area contributed by atoms with E-state index >= 15 is 0 Å². The molecule has 0 saturated carbocycles. The van der Waals surface area contributed by atoms with Gasteiger partial charge in [0.25, 0.3) is 0 Å². The maximum Gasteiger partial charge on any atom is 0.308 e. The van der Waals surface area contributed by atoms with Crippen molar-refractivity contribution in [2.75, 3.05) is 0 Å². The first-order valence-electron chi connectivity index (χ1n) is 8.85. The lowest BCUT2D eigenvalue weighted by atomic mass is 9.89. The van der Waals surface area contributed by atoms with Crippen LogP contribution in [0.4, 0.5) is 8.78 Å². The van der Waals surface area contributed by atoms with E-state index in [2.05, 4.69) is 0 Å². The molecule has 0 saturated heterocycles. The Morgan fingerprint density at radius 3 is 1.52 bits per heavy atom. The number of rotatable bonds is 6. The topological polar surface area (TPSA) is 74.6 Å². The number of carboxylic acids is 2. The van der Waals surface area contributed by atoms with Gasteiger partial charge in [-0.25, -0.2) is 8.78 Å². The largest absolute Gasteiger partial charge is 0.481 e. The van der Waals surface area contributed by atoms with E-state index in [9.17, 15) is 18.4 Å². The van der Waals surface area contributed by atoms with Crippen LogP contribution in [0.15, 0.2) is 78.9 Å². The van der Waals surface area contributed by atoms with E-state index in [1.54, 1.807) is 0 Å². The number of carbonyl (C=O) groups is 2. The Kier molecular flexibility index (Phi) is 8.03. The fourth-order valence-corrected chi connectivity index (χ4v) is 2.83. The molecule has 0 amide bonds. The monoisotopic (exact) mass is 398 g/mol. The zero-order valence-electron chi connectivity index (χ0n) is 15.5. The Morgan fingerprint density at radius 2 is 1.14 bits per heavy atom. The van der Waals surface area contributed by atoms with Gasteiger partial charge in [0.15, 0.2) is 0 Å². The van der Waals surface area contributed by atoms with Crippen LogP contribution in [0, 0.1) is 11.6 Å². The molecule has 150 valence electrons. The summed E-state index contributed by atoms with van der Waals surface area (Å²) in [7, 11) is 0. The summed E-state index contributed by atoms with van der Waals surface area (Å²) in [5, 5.41) is 17.3. The molecule has 0 radical (unpaired) electrons. The molecular weight excluding hydrogens is 378 g/mol. The Labute approximate surface area is 167 Å². The highest BCUT2D eigenvalue weighted by molar-refractivity contribution is 5.70. The van der Waals surface area contributed by atoms with E-state index in [0.29, 0.717) is 0 Å². The van der Waals surface area contributed by atoms with Crippen LogP contribution in [0.2, 0.25) is 0 Å². The molecule has 0 aliphatic heterocycles. The first kappa shape index (κ1) is 21.8. The zero-order valence-corrected chi connectivity index (χ0v) is 15.5. The number of hydrogen-bond donors (Lipinski definition) is 2. The van der Waals surface area contributed by atoms with Crippen LogP contribution in [0.3, 0.4) is 0 Å². The van der Waals surface area contributed by atoms with Gasteiger partial charge in [-0.05, 0) is 23.3 Å². The summed E-state index contributed by atoms with van der Waals surface area (Å²) in [6, 6.07) is 22.8. The Balaban J connectivity index is 0.000000221. The van der Waals surface area contributed by atoms with Gasteiger partial charge in [-0.3, -0.25) is 9.59 Å². The molecule has 3 rings (SSSR count). The number of hydrogen-bond acceptors (Lipinski definition) is 2. The fourth-order valence-electron chi connectivity index (χ4n) is 2.83. The summed E-state index contributed by atoms with van der Waals surface area (Å²) in [5.74, 6) is -3.74. The summed E-state index contributed by atoms with van der Waals surface area (Å²) in [5.41, 5.74) is 1.69. The third-order valence-electron chi connectivity index (χ3n) is 4.17. The minimum absolute atomic E-state index is 0.0742. The van der Waals surface area contributed by atoms with Crippen molar-refractivity contribution in [1.82, 2.24) is 0 Å². The third-order valence-corrected chi connectivity index (χ3v) is 4.17. The van der Waals surface area contributed by atoms with E-state index in [1.807, 2.05) is 60.7 Å². The van der Waals surface area contributed by atoms with Crippen LogP contribution in [0.25, 0.3) is 0 Å². The average Bonchev–Trinajstić information content (AvgIpc) is 2.71.